The standard InChI is InChI=1S/C21H30Cl2N2O/c1-2-3-4-5-6-7-8-20(11-13-25-14-12-24-17-25)26-16-18-9-10-19(22)15-21(18)23/h9-10,12,14-15,17,20H,2-8,11,13,16H2,1H3. The van der Waals surface area contributed by atoms with Crippen LogP contribution in [0, 0.1) is 0 Å². The summed E-state index contributed by atoms with van der Waals surface area (Å²) in [6.45, 7) is 3.71. The minimum absolute atomic E-state index is 0.232. The van der Waals surface area contributed by atoms with Gasteiger partial charge in [-0.2, -0.15) is 0 Å². The van der Waals surface area contributed by atoms with Crippen molar-refractivity contribution in [1.29, 1.82) is 0 Å². The molecule has 1 atom stereocenters. The molecule has 1 heterocycles. The molecule has 3 nitrogen and oxygen atoms in total. The Balaban J connectivity index is 1.80. The number of halogens is 2. The Kier molecular flexibility index (Phi) is 10.1. The minimum atomic E-state index is 0.232. The van der Waals surface area contributed by atoms with Gasteiger partial charge in [-0.3, -0.25) is 0 Å². The molecule has 0 spiro atoms. The molecule has 0 saturated heterocycles. The van der Waals surface area contributed by atoms with Crippen molar-refractivity contribution in [2.24, 2.45) is 0 Å². The number of unbranched alkanes of at least 4 members (excludes halogenated alkanes) is 5. The highest BCUT2D eigenvalue weighted by atomic mass is 35.5. The van der Waals surface area contributed by atoms with Crippen LogP contribution in [0.5, 0.6) is 0 Å². The lowest BCUT2D eigenvalue weighted by Crippen LogP contribution is -2.16. The molecule has 2 aromatic rings. The number of nitrogens with zero attached hydrogens (tertiary/aromatic N) is 2. The number of benzene rings is 1. The van der Waals surface area contributed by atoms with Gasteiger partial charge in [-0.25, -0.2) is 4.98 Å². The molecule has 26 heavy (non-hydrogen) atoms. The van der Waals surface area contributed by atoms with Gasteiger partial charge in [-0.1, -0.05) is 74.7 Å². The zero-order valence-electron chi connectivity index (χ0n) is 15.7. The van der Waals surface area contributed by atoms with Gasteiger partial charge in [0.05, 0.1) is 19.0 Å². The molecule has 0 N–H and O–H groups in total. The highest BCUT2D eigenvalue weighted by Gasteiger charge is 2.11. The molecule has 2 rings (SSSR count). The van der Waals surface area contributed by atoms with E-state index in [-0.39, 0.29) is 6.10 Å². The summed E-state index contributed by atoms with van der Waals surface area (Å²) in [5.74, 6) is 0. The lowest BCUT2D eigenvalue weighted by Gasteiger charge is -2.19. The van der Waals surface area contributed by atoms with Crippen LogP contribution in [0.1, 0.15) is 63.9 Å². The van der Waals surface area contributed by atoms with Crippen LogP contribution in [-0.2, 0) is 17.9 Å². The smallest absolute Gasteiger partial charge is 0.0945 e. The Morgan fingerprint density at radius 3 is 2.62 bits per heavy atom. The van der Waals surface area contributed by atoms with Crippen molar-refractivity contribution >= 4 is 23.2 Å². The van der Waals surface area contributed by atoms with E-state index in [2.05, 4.69) is 16.5 Å². The van der Waals surface area contributed by atoms with Crippen molar-refractivity contribution < 1.29 is 4.74 Å². The molecule has 144 valence electrons. The van der Waals surface area contributed by atoms with E-state index in [9.17, 15) is 0 Å². The van der Waals surface area contributed by atoms with E-state index in [1.165, 1.54) is 38.5 Å². The van der Waals surface area contributed by atoms with Crippen molar-refractivity contribution in [2.75, 3.05) is 0 Å². The fourth-order valence-electron chi connectivity index (χ4n) is 3.02. The van der Waals surface area contributed by atoms with E-state index in [4.69, 9.17) is 27.9 Å². The van der Waals surface area contributed by atoms with Gasteiger partial charge in [0.1, 0.15) is 0 Å². The molecule has 5 heteroatoms. The summed E-state index contributed by atoms with van der Waals surface area (Å²) in [6.07, 6.45) is 15.8. The number of ether oxygens (including phenoxy) is 1. The summed E-state index contributed by atoms with van der Waals surface area (Å²) >= 11 is 12.2. The first kappa shape index (κ1) is 21.3. The van der Waals surface area contributed by atoms with Crippen LogP contribution in [0.3, 0.4) is 0 Å². The Bertz CT molecular complexity index is 616. The minimum Gasteiger partial charge on any atom is -0.373 e. The Hall–Kier alpha value is -1.03. The van der Waals surface area contributed by atoms with Crippen molar-refractivity contribution in [2.45, 2.75) is 77.5 Å². The first-order chi connectivity index (χ1) is 12.7. The fraction of sp³-hybridized carbons (Fsp3) is 0.571. The predicted molar refractivity (Wildman–Crippen MR) is 110 cm³/mol. The van der Waals surface area contributed by atoms with Gasteiger partial charge < -0.3 is 9.30 Å². The number of imidazole rings is 1. The second-order valence-electron chi connectivity index (χ2n) is 6.81. The van der Waals surface area contributed by atoms with Gasteiger partial charge in [0.25, 0.3) is 0 Å². The zero-order chi connectivity index (χ0) is 18.6. The average molecular weight is 397 g/mol. The highest BCUT2D eigenvalue weighted by Crippen LogP contribution is 2.23. The summed E-state index contributed by atoms with van der Waals surface area (Å²) in [5.41, 5.74) is 0.992. The molecule has 0 aliphatic carbocycles. The first-order valence-electron chi connectivity index (χ1n) is 9.70. The second-order valence-corrected chi connectivity index (χ2v) is 7.66. The second kappa shape index (κ2) is 12.4. The Labute approximate surface area is 167 Å². The lowest BCUT2D eigenvalue weighted by molar-refractivity contribution is 0.0251. The van der Waals surface area contributed by atoms with Gasteiger partial charge in [0.2, 0.25) is 0 Å². The van der Waals surface area contributed by atoms with Crippen LogP contribution in [0.25, 0.3) is 0 Å². The van der Waals surface area contributed by atoms with Crippen molar-refractivity contribution in [3.63, 3.8) is 0 Å². The third-order valence-corrected chi connectivity index (χ3v) is 5.22. The maximum Gasteiger partial charge on any atom is 0.0945 e. The van der Waals surface area contributed by atoms with E-state index in [1.54, 1.807) is 6.07 Å². The lowest BCUT2D eigenvalue weighted by atomic mass is 10.1. The molecular weight excluding hydrogens is 367 g/mol. The number of aromatic nitrogens is 2. The van der Waals surface area contributed by atoms with Crippen LogP contribution in [0.2, 0.25) is 10.0 Å². The van der Waals surface area contributed by atoms with E-state index in [0.717, 1.165) is 24.9 Å². The zero-order valence-corrected chi connectivity index (χ0v) is 17.2. The molecule has 1 unspecified atom stereocenters. The third-order valence-electron chi connectivity index (χ3n) is 4.64. The summed E-state index contributed by atoms with van der Waals surface area (Å²) in [7, 11) is 0. The summed E-state index contributed by atoms with van der Waals surface area (Å²) in [4.78, 5) is 4.11. The van der Waals surface area contributed by atoms with Gasteiger partial charge >= 0.3 is 0 Å². The number of hydrogen-bond acceptors (Lipinski definition) is 2. The quantitative estimate of drug-likeness (QED) is 0.343. The number of hydrogen-bond donors (Lipinski definition) is 0. The van der Waals surface area contributed by atoms with E-state index < -0.39 is 0 Å². The molecule has 0 amide bonds. The molecule has 0 aliphatic heterocycles. The largest absolute Gasteiger partial charge is 0.373 e. The van der Waals surface area contributed by atoms with Gasteiger partial charge in [0, 0.05) is 29.0 Å². The molecule has 0 saturated carbocycles. The number of aryl methyl sites for hydroxylation is 1. The molecule has 0 radical (unpaired) electrons. The maximum atomic E-state index is 6.27. The summed E-state index contributed by atoms with van der Waals surface area (Å²) in [6, 6.07) is 5.58. The predicted octanol–water partition coefficient (Wildman–Crippen LogP) is 6.92. The summed E-state index contributed by atoms with van der Waals surface area (Å²) < 4.78 is 8.32. The highest BCUT2D eigenvalue weighted by molar-refractivity contribution is 6.35. The van der Waals surface area contributed by atoms with Gasteiger partial charge in [-0.05, 0) is 30.5 Å². The Morgan fingerprint density at radius 1 is 1.08 bits per heavy atom. The van der Waals surface area contributed by atoms with Crippen LogP contribution in [0.15, 0.2) is 36.9 Å². The normalized spacial score (nSPS) is 12.4. The third kappa shape index (κ3) is 8.11. The van der Waals surface area contributed by atoms with Gasteiger partial charge in [-0.15, -0.1) is 0 Å². The van der Waals surface area contributed by atoms with Crippen molar-refractivity contribution in [1.82, 2.24) is 9.55 Å². The van der Waals surface area contributed by atoms with Crippen molar-refractivity contribution in [3.8, 4) is 0 Å². The Morgan fingerprint density at radius 2 is 1.88 bits per heavy atom. The van der Waals surface area contributed by atoms with E-state index in [0.29, 0.717) is 16.7 Å². The SMILES string of the molecule is CCCCCCCCC(CCn1ccnc1)OCc1ccc(Cl)cc1Cl. The van der Waals surface area contributed by atoms with Crippen LogP contribution >= 0.6 is 23.2 Å². The molecule has 0 aliphatic rings. The molecule has 1 aromatic heterocycles. The van der Waals surface area contributed by atoms with Crippen LogP contribution in [-0.4, -0.2) is 15.7 Å². The number of rotatable bonds is 13. The monoisotopic (exact) mass is 396 g/mol. The molecule has 0 bridgehead atoms. The van der Waals surface area contributed by atoms with Crippen molar-refractivity contribution in [3.05, 3.63) is 52.5 Å². The molecule has 1 aromatic carbocycles. The fourth-order valence-corrected chi connectivity index (χ4v) is 3.48. The van der Waals surface area contributed by atoms with Gasteiger partial charge in [0.15, 0.2) is 0 Å². The van der Waals surface area contributed by atoms with Crippen LogP contribution < -0.4 is 0 Å². The molecule has 0 fully saturated rings. The van der Waals surface area contributed by atoms with Crippen LogP contribution in [0.4, 0.5) is 0 Å². The topological polar surface area (TPSA) is 27.1 Å². The summed E-state index contributed by atoms with van der Waals surface area (Å²) in [5, 5.41) is 1.33. The first-order valence-corrected chi connectivity index (χ1v) is 10.5. The van der Waals surface area contributed by atoms with E-state index in [1.807, 2.05) is 30.9 Å². The maximum absolute atomic E-state index is 6.27. The molecular formula is C21H30Cl2N2O. The van der Waals surface area contributed by atoms with E-state index >= 15 is 0 Å². The average Bonchev–Trinajstić information content (AvgIpc) is 3.14.